The summed E-state index contributed by atoms with van der Waals surface area (Å²) in [6, 6.07) is 5.39. The minimum Gasteiger partial charge on any atom is -0.348 e. The number of carbonyl (C=O) groups excluding carboxylic acids is 1. The van der Waals surface area contributed by atoms with Crippen molar-refractivity contribution in [2.75, 3.05) is 13.6 Å². The molecule has 0 bridgehead atoms. The lowest BCUT2D eigenvalue weighted by Crippen LogP contribution is -3.09. The molecule has 6 heteroatoms. The van der Waals surface area contributed by atoms with Gasteiger partial charge in [0.15, 0.2) is 6.54 Å². The van der Waals surface area contributed by atoms with Crippen LogP contribution in [0.4, 0.5) is 13.2 Å². The Hall–Kier alpha value is -1.56. The molecule has 1 aliphatic rings. The fourth-order valence-electron chi connectivity index (χ4n) is 3.29. The van der Waals surface area contributed by atoms with Crippen molar-refractivity contribution in [3.63, 3.8) is 0 Å². The number of likely N-dealkylation sites (N-methyl/N-ethyl adjacent to an activating group) is 1. The van der Waals surface area contributed by atoms with Crippen molar-refractivity contribution in [3.8, 4) is 0 Å². The Labute approximate surface area is 141 Å². The molecule has 0 aromatic heterocycles. The third-order valence-corrected chi connectivity index (χ3v) is 4.71. The molecule has 1 aromatic rings. The summed E-state index contributed by atoms with van der Waals surface area (Å²) in [5.74, 6) is 0.524. The summed E-state index contributed by atoms with van der Waals surface area (Å²) < 4.78 is 37.7. The molecule has 0 heterocycles. The lowest BCUT2D eigenvalue weighted by Gasteiger charge is -2.29. The maximum atomic E-state index is 12.6. The molecule has 0 spiro atoms. The Morgan fingerprint density at radius 2 is 1.83 bits per heavy atom. The van der Waals surface area contributed by atoms with E-state index in [4.69, 9.17) is 0 Å². The van der Waals surface area contributed by atoms with Crippen LogP contribution >= 0.6 is 0 Å². The first-order valence-corrected chi connectivity index (χ1v) is 8.52. The smallest absolute Gasteiger partial charge is 0.348 e. The van der Waals surface area contributed by atoms with Crippen LogP contribution in [0.2, 0.25) is 0 Å². The van der Waals surface area contributed by atoms with Crippen LogP contribution in [0, 0.1) is 5.92 Å². The maximum Gasteiger partial charge on any atom is 0.416 e. The third-order valence-electron chi connectivity index (χ3n) is 4.71. The van der Waals surface area contributed by atoms with Crippen molar-refractivity contribution >= 4 is 5.91 Å². The Kier molecular flexibility index (Phi) is 6.27. The predicted octanol–water partition coefficient (Wildman–Crippen LogP) is 2.42. The SMILES string of the molecule is C[C@H]1CCCC[C@@H]1NC(=O)C[NH+](C)Cc1ccc(C(F)(F)F)cc1. The summed E-state index contributed by atoms with van der Waals surface area (Å²) in [5, 5.41) is 3.11. The molecule has 1 unspecified atom stereocenters. The van der Waals surface area contributed by atoms with Gasteiger partial charge in [0.1, 0.15) is 6.54 Å². The number of carbonyl (C=O) groups is 1. The number of nitrogens with one attached hydrogen (secondary N) is 2. The van der Waals surface area contributed by atoms with Crippen LogP contribution in [0.15, 0.2) is 24.3 Å². The molecule has 1 fully saturated rings. The van der Waals surface area contributed by atoms with Crippen LogP contribution in [0.3, 0.4) is 0 Å². The van der Waals surface area contributed by atoms with E-state index in [9.17, 15) is 18.0 Å². The zero-order valence-corrected chi connectivity index (χ0v) is 14.2. The average Bonchev–Trinajstić information content (AvgIpc) is 2.49. The lowest BCUT2D eigenvalue weighted by atomic mass is 9.86. The van der Waals surface area contributed by atoms with E-state index >= 15 is 0 Å². The average molecular weight is 343 g/mol. The van der Waals surface area contributed by atoms with E-state index < -0.39 is 11.7 Å². The molecular weight excluding hydrogens is 317 g/mol. The molecule has 2 N–H and O–H groups in total. The van der Waals surface area contributed by atoms with Gasteiger partial charge in [0.25, 0.3) is 5.91 Å². The van der Waals surface area contributed by atoms with Crippen molar-refractivity contribution in [2.24, 2.45) is 5.92 Å². The van der Waals surface area contributed by atoms with Crippen LogP contribution in [0.1, 0.15) is 43.7 Å². The summed E-state index contributed by atoms with van der Waals surface area (Å²) in [4.78, 5) is 13.1. The van der Waals surface area contributed by atoms with Gasteiger partial charge < -0.3 is 10.2 Å². The minimum absolute atomic E-state index is 0.0122. The van der Waals surface area contributed by atoms with E-state index in [0.29, 0.717) is 19.0 Å². The van der Waals surface area contributed by atoms with Gasteiger partial charge in [0.05, 0.1) is 12.6 Å². The highest BCUT2D eigenvalue weighted by Crippen LogP contribution is 2.29. The van der Waals surface area contributed by atoms with Gasteiger partial charge in [-0.3, -0.25) is 4.79 Å². The third kappa shape index (κ3) is 5.51. The Balaban J connectivity index is 1.81. The number of benzene rings is 1. The molecule has 2 rings (SSSR count). The van der Waals surface area contributed by atoms with Gasteiger partial charge in [-0.25, -0.2) is 0 Å². The second-order valence-corrected chi connectivity index (χ2v) is 6.94. The van der Waals surface area contributed by atoms with E-state index in [1.807, 2.05) is 7.05 Å². The molecule has 1 saturated carbocycles. The van der Waals surface area contributed by atoms with Gasteiger partial charge in [-0.2, -0.15) is 13.2 Å². The van der Waals surface area contributed by atoms with Gasteiger partial charge in [0.2, 0.25) is 0 Å². The Morgan fingerprint density at radius 1 is 1.21 bits per heavy atom. The molecule has 0 saturated heterocycles. The van der Waals surface area contributed by atoms with Crippen LogP contribution < -0.4 is 10.2 Å². The first-order valence-electron chi connectivity index (χ1n) is 8.52. The number of hydrogen-bond acceptors (Lipinski definition) is 1. The first-order chi connectivity index (χ1) is 11.3. The molecular formula is C18H26F3N2O+. The van der Waals surface area contributed by atoms with Gasteiger partial charge in [-0.05, 0) is 30.9 Å². The Bertz CT molecular complexity index is 542. The monoisotopic (exact) mass is 343 g/mol. The predicted molar refractivity (Wildman–Crippen MR) is 86.5 cm³/mol. The largest absolute Gasteiger partial charge is 0.416 e. The molecule has 24 heavy (non-hydrogen) atoms. The second-order valence-electron chi connectivity index (χ2n) is 6.94. The topological polar surface area (TPSA) is 33.5 Å². The number of hydrogen-bond donors (Lipinski definition) is 2. The minimum atomic E-state index is -4.31. The highest BCUT2D eigenvalue weighted by atomic mass is 19.4. The Morgan fingerprint density at radius 3 is 2.42 bits per heavy atom. The molecule has 134 valence electrons. The van der Waals surface area contributed by atoms with Crippen LogP contribution in [-0.2, 0) is 17.5 Å². The van der Waals surface area contributed by atoms with Gasteiger partial charge in [-0.1, -0.05) is 31.9 Å². The van der Waals surface area contributed by atoms with Crippen molar-refractivity contribution in [2.45, 2.75) is 51.4 Å². The zero-order chi connectivity index (χ0) is 17.7. The molecule has 3 nitrogen and oxygen atoms in total. The van der Waals surface area contributed by atoms with Crippen molar-refractivity contribution < 1.29 is 22.9 Å². The zero-order valence-electron chi connectivity index (χ0n) is 14.2. The number of rotatable bonds is 5. The summed E-state index contributed by atoms with van der Waals surface area (Å²) in [6.07, 6.45) is 0.258. The molecule has 1 aliphatic carbocycles. The van der Waals surface area contributed by atoms with Crippen molar-refractivity contribution in [1.82, 2.24) is 5.32 Å². The number of quaternary nitrogens is 1. The fraction of sp³-hybridized carbons (Fsp3) is 0.611. The molecule has 0 radical (unpaired) electrons. The fourth-order valence-corrected chi connectivity index (χ4v) is 3.29. The van der Waals surface area contributed by atoms with E-state index in [1.54, 1.807) is 0 Å². The molecule has 0 aliphatic heterocycles. The molecule has 1 aromatic carbocycles. The number of alkyl halides is 3. The van der Waals surface area contributed by atoms with Crippen LogP contribution in [0.5, 0.6) is 0 Å². The first kappa shape index (κ1) is 18.8. The van der Waals surface area contributed by atoms with E-state index in [-0.39, 0.29) is 11.9 Å². The standard InChI is InChI=1S/C18H25F3N2O/c1-13-5-3-4-6-16(13)22-17(24)12-23(2)11-14-7-9-15(10-8-14)18(19,20)21/h7-10,13,16H,3-6,11-12H2,1-2H3,(H,22,24)/p+1/t13-,16-/m0/s1. The summed E-state index contributed by atoms with van der Waals surface area (Å²) in [7, 11) is 1.88. The van der Waals surface area contributed by atoms with E-state index in [1.165, 1.54) is 18.6 Å². The highest BCUT2D eigenvalue weighted by Gasteiger charge is 2.30. The second kappa shape index (κ2) is 8.01. The molecule has 1 amide bonds. The quantitative estimate of drug-likeness (QED) is 0.846. The van der Waals surface area contributed by atoms with Gasteiger partial charge in [0, 0.05) is 11.6 Å². The van der Waals surface area contributed by atoms with Gasteiger partial charge in [-0.15, -0.1) is 0 Å². The van der Waals surface area contributed by atoms with Crippen molar-refractivity contribution in [1.29, 1.82) is 0 Å². The maximum absolute atomic E-state index is 12.6. The van der Waals surface area contributed by atoms with Gasteiger partial charge >= 0.3 is 6.18 Å². The summed E-state index contributed by atoms with van der Waals surface area (Å²) in [6.45, 7) is 3.01. The highest BCUT2D eigenvalue weighted by molar-refractivity contribution is 5.77. The van der Waals surface area contributed by atoms with Crippen LogP contribution in [-0.4, -0.2) is 25.5 Å². The van der Waals surface area contributed by atoms with E-state index in [0.717, 1.165) is 41.9 Å². The number of amides is 1. The summed E-state index contributed by atoms with van der Waals surface area (Å²) >= 11 is 0. The van der Waals surface area contributed by atoms with Crippen molar-refractivity contribution in [3.05, 3.63) is 35.4 Å². The van der Waals surface area contributed by atoms with E-state index in [2.05, 4.69) is 12.2 Å². The lowest BCUT2D eigenvalue weighted by molar-refractivity contribution is -0.885. The molecule has 3 atom stereocenters. The summed E-state index contributed by atoms with van der Waals surface area (Å²) in [5.41, 5.74) is 0.146. The normalized spacial score (nSPS) is 22.9. The van der Waals surface area contributed by atoms with Crippen LogP contribution in [0.25, 0.3) is 0 Å². The number of halogens is 3.